The first-order valence-corrected chi connectivity index (χ1v) is 6.30. The van der Waals surface area contributed by atoms with Crippen molar-refractivity contribution in [3.8, 4) is 11.5 Å². The van der Waals surface area contributed by atoms with Crippen molar-refractivity contribution in [2.24, 2.45) is 0 Å². The quantitative estimate of drug-likeness (QED) is 0.300. The number of benzene rings is 1. The summed E-state index contributed by atoms with van der Waals surface area (Å²) in [5.41, 5.74) is 0.800. The van der Waals surface area contributed by atoms with Gasteiger partial charge in [0.25, 0.3) is 0 Å². The van der Waals surface area contributed by atoms with Crippen molar-refractivity contribution in [3.05, 3.63) is 46.1 Å². The Bertz CT molecular complexity index is 763. The maximum absolute atomic E-state index is 10.8. The van der Waals surface area contributed by atoms with Crippen LogP contribution in [0.1, 0.15) is 5.56 Å². The van der Waals surface area contributed by atoms with E-state index in [-0.39, 0.29) is 16.7 Å². The summed E-state index contributed by atoms with van der Waals surface area (Å²) in [4.78, 5) is 17.9. The van der Waals surface area contributed by atoms with Gasteiger partial charge in [0.15, 0.2) is 5.03 Å². The lowest BCUT2D eigenvalue weighted by Gasteiger charge is -2.05. The highest BCUT2D eigenvalue weighted by Gasteiger charge is 2.17. The van der Waals surface area contributed by atoms with Gasteiger partial charge in [-0.15, -0.1) is 0 Å². The van der Waals surface area contributed by atoms with E-state index in [1.165, 1.54) is 0 Å². The number of nitriles is 2. The van der Waals surface area contributed by atoms with Gasteiger partial charge in [0.05, 0.1) is 16.6 Å². The number of nitrogens with one attached hydrogen (secondary N) is 1. The van der Waals surface area contributed by atoms with Gasteiger partial charge in [-0.05, 0) is 24.3 Å². The Balaban J connectivity index is 2.28. The summed E-state index contributed by atoms with van der Waals surface area (Å²) < 4.78 is 0. The lowest BCUT2D eigenvalue weighted by atomic mass is 10.2. The zero-order valence-electron chi connectivity index (χ0n) is 10.3. The van der Waals surface area contributed by atoms with Gasteiger partial charge < -0.3 is 5.32 Å². The highest BCUT2D eigenvalue weighted by atomic mass is 32.2. The second kappa shape index (κ2) is 6.32. The smallest absolute Gasteiger partial charge is 0.320 e. The van der Waals surface area contributed by atoms with E-state index in [2.05, 4.69) is 15.3 Å². The molecule has 102 valence electrons. The maximum atomic E-state index is 10.8. The van der Waals surface area contributed by atoms with Crippen LogP contribution in [0.3, 0.4) is 0 Å². The zero-order valence-corrected chi connectivity index (χ0v) is 11.2. The van der Waals surface area contributed by atoms with Crippen molar-refractivity contribution in [1.29, 1.82) is 10.5 Å². The van der Waals surface area contributed by atoms with Crippen molar-refractivity contribution in [3.63, 3.8) is 0 Å². The predicted molar refractivity (Wildman–Crippen MR) is 74.6 cm³/mol. The lowest BCUT2D eigenvalue weighted by Crippen LogP contribution is -2.01. The predicted octanol–water partition coefficient (Wildman–Crippen LogP) is 2.57. The second-order valence-corrected chi connectivity index (χ2v) is 4.42. The molecule has 0 bridgehead atoms. The largest absolute Gasteiger partial charge is 0.324 e. The molecule has 1 aromatic carbocycles. The minimum atomic E-state index is -0.648. The standard InChI is InChI=1S/C12H6N6O2S/c13-5-8-1-3-9(4-2-8)16-12-15-6-10(18(19)20)11(17-12)21-7-14/h1-4,6H,(H,15,16,17). The van der Waals surface area contributed by atoms with E-state index in [1.807, 2.05) is 6.07 Å². The van der Waals surface area contributed by atoms with Gasteiger partial charge in [-0.2, -0.15) is 15.5 Å². The van der Waals surface area contributed by atoms with Crippen LogP contribution in [0.15, 0.2) is 35.5 Å². The van der Waals surface area contributed by atoms with E-state index in [9.17, 15) is 10.1 Å². The molecule has 0 atom stereocenters. The normalized spacial score (nSPS) is 9.43. The number of thioether (sulfide) groups is 1. The minimum absolute atomic E-state index is 0.0337. The average molecular weight is 298 g/mol. The molecule has 0 saturated heterocycles. The Labute approximate surface area is 123 Å². The van der Waals surface area contributed by atoms with Crippen LogP contribution >= 0.6 is 11.8 Å². The van der Waals surface area contributed by atoms with Crippen LogP contribution in [0, 0.1) is 32.1 Å². The molecule has 9 heteroatoms. The Morgan fingerprint density at radius 3 is 2.57 bits per heavy atom. The summed E-state index contributed by atoms with van der Waals surface area (Å²) in [6.45, 7) is 0. The summed E-state index contributed by atoms with van der Waals surface area (Å²) in [5.74, 6) is 0.128. The molecule has 21 heavy (non-hydrogen) atoms. The van der Waals surface area contributed by atoms with Gasteiger partial charge in [-0.1, -0.05) is 0 Å². The van der Waals surface area contributed by atoms with Crippen molar-refractivity contribution >= 4 is 29.1 Å². The van der Waals surface area contributed by atoms with Gasteiger partial charge >= 0.3 is 5.69 Å². The molecule has 0 amide bonds. The molecule has 0 fully saturated rings. The number of anilines is 2. The van der Waals surface area contributed by atoms with Gasteiger partial charge in [-0.25, -0.2) is 4.98 Å². The van der Waals surface area contributed by atoms with E-state index < -0.39 is 4.92 Å². The van der Waals surface area contributed by atoms with Crippen LogP contribution in [0.4, 0.5) is 17.3 Å². The van der Waals surface area contributed by atoms with Gasteiger partial charge in [0, 0.05) is 17.4 Å². The Kier molecular flexibility index (Phi) is 4.29. The lowest BCUT2D eigenvalue weighted by molar-refractivity contribution is -0.388. The van der Waals surface area contributed by atoms with Gasteiger partial charge in [0.1, 0.15) is 11.6 Å². The number of hydrogen-bond donors (Lipinski definition) is 1. The first kappa shape index (κ1) is 14.2. The van der Waals surface area contributed by atoms with Crippen molar-refractivity contribution in [1.82, 2.24) is 9.97 Å². The maximum Gasteiger partial charge on any atom is 0.320 e. The summed E-state index contributed by atoms with van der Waals surface area (Å²) in [6, 6.07) is 8.52. The molecule has 1 N–H and O–H groups in total. The Morgan fingerprint density at radius 2 is 2.00 bits per heavy atom. The summed E-state index contributed by atoms with van der Waals surface area (Å²) >= 11 is 0.591. The highest BCUT2D eigenvalue weighted by Crippen LogP contribution is 2.27. The fraction of sp³-hybridized carbons (Fsp3) is 0. The summed E-state index contributed by atoms with van der Waals surface area (Å²) in [5, 5.41) is 32.7. The molecule has 0 aliphatic heterocycles. The molecule has 0 spiro atoms. The van der Waals surface area contributed by atoms with E-state index >= 15 is 0 Å². The molecular weight excluding hydrogens is 292 g/mol. The molecule has 1 aromatic heterocycles. The Hall–Kier alpha value is -3.17. The number of aromatic nitrogens is 2. The van der Waals surface area contributed by atoms with Gasteiger partial charge in [-0.3, -0.25) is 10.1 Å². The van der Waals surface area contributed by atoms with Crippen LogP contribution in [-0.4, -0.2) is 14.9 Å². The van der Waals surface area contributed by atoms with Crippen molar-refractivity contribution < 1.29 is 4.92 Å². The summed E-state index contributed by atoms with van der Waals surface area (Å²) in [6.07, 6.45) is 1.04. The van der Waals surface area contributed by atoms with Crippen molar-refractivity contribution in [2.75, 3.05) is 5.32 Å². The van der Waals surface area contributed by atoms with E-state index in [0.29, 0.717) is 23.0 Å². The van der Waals surface area contributed by atoms with Crippen LogP contribution < -0.4 is 5.32 Å². The van der Waals surface area contributed by atoms with Crippen LogP contribution in [0.25, 0.3) is 0 Å². The topological polar surface area (TPSA) is 129 Å². The van der Waals surface area contributed by atoms with E-state index in [1.54, 1.807) is 29.7 Å². The third kappa shape index (κ3) is 3.43. The highest BCUT2D eigenvalue weighted by molar-refractivity contribution is 8.03. The fourth-order valence-corrected chi connectivity index (χ4v) is 1.87. The van der Waals surface area contributed by atoms with E-state index in [4.69, 9.17) is 10.5 Å². The molecule has 0 saturated carbocycles. The molecule has 2 aromatic rings. The molecular formula is C12H6N6O2S. The Morgan fingerprint density at radius 1 is 1.29 bits per heavy atom. The fourth-order valence-electron chi connectivity index (χ4n) is 1.42. The van der Waals surface area contributed by atoms with Crippen molar-refractivity contribution in [2.45, 2.75) is 5.03 Å². The molecule has 8 nitrogen and oxygen atoms in total. The molecule has 0 aliphatic carbocycles. The number of rotatable bonds is 4. The summed E-state index contributed by atoms with van der Waals surface area (Å²) in [7, 11) is 0. The van der Waals surface area contributed by atoms with Crippen LogP contribution in [0.5, 0.6) is 0 Å². The molecule has 1 heterocycles. The minimum Gasteiger partial charge on any atom is -0.324 e. The first-order chi connectivity index (χ1) is 10.1. The third-order valence-electron chi connectivity index (χ3n) is 2.34. The molecule has 0 radical (unpaired) electrons. The monoisotopic (exact) mass is 298 g/mol. The van der Waals surface area contributed by atoms with E-state index in [0.717, 1.165) is 6.20 Å². The van der Waals surface area contributed by atoms with Crippen LogP contribution in [-0.2, 0) is 0 Å². The van der Waals surface area contributed by atoms with Crippen LogP contribution in [0.2, 0.25) is 0 Å². The second-order valence-electron chi connectivity index (χ2n) is 3.65. The number of nitrogens with zero attached hydrogens (tertiary/aromatic N) is 5. The third-order valence-corrected chi connectivity index (χ3v) is 2.93. The number of thiocyanates is 1. The number of hydrogen-bond acceptors (Lipinski definition) is 8. The first-order valence-electron chi connectivity index (χ1n) is 5.48. The zero-order chi connectivity index (χ0) is 15.2. The average Bonchev–Trinajstić information content (AvgIpc) is 2.48. The van der Waals surface area contributed by atoms with Gasteiger partial charge in [0.2, 0.25) is 5.95 Å². The molecule has 2 rings (SSSR count). The molecule has 0 unspecified atom stereocenters. The number of nitro groups is 1. The SMILES string of the molecule is N#CSc1nc(Nc2ccc(C#N)cc2)ncc1[N+](=O)[O-]. The molecule has 0 aliphatic rings.